The zero-order chi connectivity index (χ0) is 21.1. The van der Waals surface area contributed by atoms with Crippen LogP contribution in [0.2, 0.25) is 0 Å². The number of hydrogen-bond acceptors (Lipinski definition) is 6. The van der Waals surface area contributed by atoms with Gasteiger partial charge in [-0.05, 0) is 56.2 Å². The van der Waals surface area contributed by atoms with E-state index >= 15 is 0 Å². The molecule has 0 bridgehead atoms. The predicted octanol–water partition coefficient (Wildman–Crippen LogP) is 2.96. The number of rotatable bonds is 6. The molecule has 1 aromatic carbocycles. The molecule has 0 saturated carbocycles. The van der Waals surface area contributed by atoms with E-state index in [1.807, 2.05) is 26.0 Å². The predicted molar refractivity (Wildman–Crippen MR) is 112 cm³/mol. The molecule has 1 N–H and O–H groups in total. The summed E-state index contributed by atoms with van der Waals surface area (Å²) in [6, 6.07) is 10.5. The van der Waals surface area contributed by atoms with Gasteiger partial charge in [0.05, 0.1) is 25.4 Å². The van der Waals surface area contributed by atoms with Gasteiger partial charge in [0, 0.05) is 29.8 Å². The maximum Gasteiger partial charge on any atom is 0.349 e. The molecule has 1 fully saturated rings. The number of ether oxygens (including phenoxy) is 2. The van der Waals surface area contributed by atoms with Crippen LogP contribution in [0.4, 0.5) is 0 Å². The second kappa shape index (κ2) is 8.67. The van der Waals surface area contributed by atoms with E-state index < -0.39 is 11.5 Å². The van der Waals surface area contributed by atoms with Gasteiger partial charge in [0.2, 0.25) is 0 Å². The lowest BCUT2D eigenvalue weighted by molar-refractivity contribution is 0.0921. The van der Waals surface area contributed by atoms with Crippen molar-refractivity contribution in [3.63, 3.8) is 0 Å². The molecule has 4 rings (SSSR count). The Hall–Kier alpha value is -3.19. The van der Waals surface area contributed by atoms with Crippen molar-refractivity contribution in [3.05, 3.63) is 70.3 Å². The van der Waals surface area contributed by atoms with Gasteiger partial charge in [-0.1, -0.05) is 0 Å². The fourth-order valence-corrected chi connectivity index (χ4v) is 3.62. The molecule has 156 valence electrons. The van der Waals surface area contributed by atoms with E-state index in [1.54, 1.807) is 36.7 Å². The van der Waals surface area contributed by atoms with Gasteiger partial charge >= 0.3 is 5.63 Å². The lowest BCUT2D eigenvalue weighted by Crippen LogP contribution is -2.42. The van der Waals surface area contributed by atoms with Gasteiger partial charge in [0.1, 0.15) is 16.9 Å². The number of carbonyl (C=O) groups excluding carboxylic acids is 1. The maximum absolute atomic E-state index is 12.8. The fraction of sp³-hybridized carbons (Fsp3) is 0.348. The molecule has 2 aromatic heterocycles. The molecule has 30 heavy (non-hydrogen) atoms. The fourth-order valence-electron chi connectivity index (χ4n) is 3.62. The lowest BCUT2D eigenvalue weighted by Gasteiger charge is -2.19. The van der Waals surface area contributed by atoms with Gasteiger partial charge in [0.15, 0.2) is 0 Å². The van der Waals surface area contributed by atoms with Crippen molar-refractivity contribution in [2.24, 2.45) is 5.92 Å². The topological polar surface area (TPSA) is 90.7 Å². The minimum Gasteiger partial charge on any atom is -0.491 e. The zero-order valence-corrected chi connectivity index (χ0v) is 17.0. The van der Waals surface area contributed by atoms with Crippen LogP contribution in [0.25, 0.3) is 11.0 Å². The van der Waals surface area contributed by atoms with Crippen molar-refractivity contribution in [2.75, 3.05) is 13.2 Å². The van der Waals surface area contributed by atoms with E-state index in [-0.39, 0.29) is 23.6 Å². The number of hydrogen-bond donors (Lipinski definition) is 1. The van der Waals surface area contributed by atoms with Crippen LogP contribution < -0.4 is 15.7 Å². The number of amides is 1. The smallest absolute Gasteiger partial charge is 0.349 e. The monoisotopic (exact) mass is 408 g/mol. The summed E-state index contributed by atoms with van der Waals surface area (Å²) < 4.78 is 16.6. The van der Waals surface area contributed by atoms with Gasteiger partial charge in [-0.3, -0.25) is 9.78 Å². The van der Waals surface area contributed by atoms with Crippen molar-refractivity contribution in [2.45, 2.75) is 32.4 Å². The van der Waals surface area contributed by atoms with Gasteiger partial charge in [-0.25, -0.2) is 4.79 Å². The van der Waals surface area contributed by atoms with Crippen molar-refractivity contribution < 1.29 is 18.7 Å². The standard InChI is InChI=1S/C23H24N2O5/c1-14(2)29-18-4-3-16-10-19(23(27)30-21(16)11-18)22(26)25-20-13-28-12-17(20)9-15-5-7-24-8-6-15/h3-8,10-11,14,17,20H,9,12-13H2,1-2H3,(H,25,26)/t17-,20+/m1/s1. The molecule has 1 amide bonds. The van der Waals surface area contributed by atoms with Crippen molar-refractivity contribution >= 4 is 16.9 Å². The Kier molecular flexibility index (Phi) is 5.81. The number of benzene rings is 1. The third kappa shape index (κ3) is 4.52. The second-order valence-corrected chi connectivity index (χ2v) is 7.75. The Morgan fingerprint density at radius 1 is 1.20 bits per heavy atom. The van der Waals surface area contributed by atoms with E-state index in [9.17, 15) is 9.59 Å². The van der Waals surface area contributed by atoms with Gasteiger partial charge in [-0.15, -0.1) is 0 Å². The highest BCUT2D eigenvalue weighted by molar-refractivity contribution is 5.97. The minimum atomic E-state index is -0.675. The number of nitrogens with one attached hydrogen (secondary N) is 1. The van der Waals surface area contributed by atoms with Gasteiger partial charge in [-0.2, -0.15) is 0 Å². The SMILES string of the molecule is CC(C)Oc1ccc2cc(C(=O)N[C@H]3COC[C@H]3Cc3ccncc3)c(=O)oc2c1. The number of aromatic nitrogens is 1. The molecule has 1 aliphatic rings. The normalized spacial score (nSPS) is 18.6. The Bertz CT molecular complexity index is 1090. The number of carbonyl (C=O) groups is 1. The third-order valence-corrected chi connectivity index (χ3v) is 5.09. The summed E-state index contributed by atoms with van der Waals surface area (Å²) in [5, 5.41) is 3.60. The van der Waals surface area contributed by atoms with Crippen LogP contribution in [-0.2, 0) is 11.2 Å². The van der Waals surface area contributed by atoms with Gasteiger partial charge < -0.3 is 19.2 Å². The Balaban J connectivity index is 1.51. The molecule has 0 radical (unpaired) electrons. The Labute approximate surface area is 174 Å². The van der Waals surface area contributed by atoms with Crippen LogP contribution in [-0.4, -0.2) is 36.3 Å². The van der Waals surface area contributed by atoms with E-state index in [0.29, 0.717) is 29.9 Å². The Morgan fingerprint density at radius 2 is 2.00 bits per heavy atom. The number of pyridine rings is 1. The highest BCUT2D eigenvalue weighted by Gasteiger charge is 2.30. The van der Waals surface area contributed by atoms with E-state index in [1.165, 1.54) is 0 Å². The number of nitrogens with zero attached hydrogens (tertiary/aromatic N) is 1. The minimum absolute atomic E-state index is 0.00736. The summed E-state index contributed by atoms with van der Waals surface area (Å²) in [6.07, 6.45) is 4.26. The largest absolute Gasteiger partial charge is 0.491 e. The third-order valence-electron chi connectivity index (χ3n) is 5.09. The van der Waals surface area contributed by atoms with Crippen LogP contribution in [0, 0.1) is 5.92 Å². The van der Waals surface area contributed by atoms with Crippen molar-refractivity contribution in [1.29, 1.82) is 0 Å². The molecular formula is C23H24N2O5. The second-order valence-electron chi connectivity index (χ2n) is 7.75. The van der Waals surface area contributed by atoms with Crippen molar-refractivity contribution in [3.8, 4) is 5.75 Å². The molecule has 3 heterocycles. The average Bonchev–Trinajstić information content (AvgIpc) is 3.14. The molecule has 1 aliphatic heterocycles. The summed E-state index contributed by atoms with van der Waals surface area (Å²) in [5.74, 6) is 0.280. The maximum atomic E-state index is 12.8. The van der Waals surface area contributed by atoms with Crippen molar-refractivity contribution in [1.82, 2.24) is 10.3 Å². The highest BCUT2D eigenvalue weighted by Crippen LogP contribution is 2.22. The first-order valence-corrected chi connectivity index (χ1v) is 10.0. The summed E-state index contributed by atoms with van der Waals surface area (Å²) in [6.45, 7) is 4.81. The first kappa shape index (κ1) is 20.1. The van der Waals surface area contributed by atoms with Crippen LogP contribution in [0.15, 0.2) is 58.0 Å². The zero-order valence-electron chi connectivity index (χ0n) is 17.0. The first-order valence-electron chi connectivity index (χ1n) is 10.0. The summed E-state index contributed by atoms with van der Waals surface area (Å²) in [4.78, 5) is 29.3. The summed E-state index contributed by atoms with van der Waals surface area (Å²) >= 11 is 0. The molecule has 7 nitrogen and oxygen atoms in total. The van der Waals surface area contributed by atoms with E-state index in [2.05, 4.69) is 10.3 Å². The molecule has 0 unspecified atom stereocenters. The highest BCUT2D eigenvalue weighted by atomic mass is 16.5. The van der Waals surface area contributed by atoms with Crippen LogP contribution in [0.1, 0.15) is 29.8 Å². The summed E-state index contributed by atoms with van der Waals surface area (Å²) in [7, 11) is 0. The van der Waals surface area contributed by atoms with Crippen LogP contribution in [0.3, 0.4) is 0 Å². The quantitative estimate of drug-likeness (QED) is 0.631. The lowest BCUT2D eigenvalue weighted by atomic mass is 9.95. The molecule has 7 heteroatoms. The van der Waals surface area contributed by atoms with Crippen LogP contribution >= 0.6 is 0 Å². The summed E-state index contributed by atoms with van der Waals surface area (Å²) in [5.41, 5.74) is 0.819. The molecule has 1 saturated heterocycles. The molecular weight excluding hydrogens is 384 g/mol. The molecule has 2 atom stereocenters. The molecule has 0 spiro atoms. The van der Waals surface area contributed by atoms with E-state index in [4.69, 9.17) is 13.9 Å². The Morgan fingerprint density at radius 3 is 2.77 bits per heavy atom. The average molecular weight is 408 g/mol. The number of fused-ring (bicyclic) bond motifs is 1. The van der Waals surface area contributed by atoms with E-state index in [0.717, 1.165) is 12.0 Å². The molecule has 3 aromatic rings. The van der Waals surface area contributed by atoms with Gasteiger partial charge in [0.25, 0.3) is 5.91 Å². The van der Waals surface area contributed by atoms with Crippen LogP contribution in [0.5, 0.6) is 5.75 Å². The first-order chi connectivity index (χ1) is 14.5. The molecule has 0 aliphatic carbocycles.